The lowest BCUT2D eigenvalue weighted by Crippen LogP contribution is -2.18. The van der Waals surface area contributed by atoms with Gasteiger partial charge in [0.1, 0.15) is 6.61 Å². The van der Waals surface area contributed by atoms with E-state index in [2.05, 4.69) is 5.32 Å². The van der Waals surface area contributed by atoms with E-state index in [1.165, 1.54) is 6.20 Å². The maximum Gasteiger partial charge on any atom is 0.411 e. The SMILES string of the molecule is O=C(N/C=C/c1ccc(Cl)cc1)OCc1ccccc1. The minimum Gasteiger partial charge on any atom is -0.444 e. The quantitative estimate of drug-likeness (QED) is 0.913. The first-order valence-corrected chi connectivity index (χ1v) is 6.51. The lowest BCUT2D eigenvalue weighted by molar-refractivity contribution is 0.143. The van der Waals surface area contributed by atoms with Crippen LogP contribution in [-0.4, -0.2) is 6.09 Å². The Kier molecular flexibility index (Phi) is 5.21. The Bertz CT molecular complexity index is 579. The topological polar surface area (TPSA) is 38.3 Å². The monoisotopic (exact) mass is 287 g/mol. The van der Waals surface area contributed by atoms with Crippen molar-refractivity contribution in [3.63, 3.8) is 0 Å². The van der Waals surface area contributed by atoms with Crippen molar-refractivity contribution in [3.05, 3.63) is 76.9 Å². The molecule has 0 aromatic heterocycles. The number of carbonyl (C=O) groups is 1. The Labute approximate surface area is 122 Å². The van der Waals surface area contributed by atoms with E-state index in [4.69, 9.17) is 16.3 Å². The predicted molar refractivity (Wildman–Crippen MR) is 80.2 cm³/mol. The minimum atomic E-state index is -0.487. The zero-order chi connectivity index (χ0) is 14.2. The van der Waals surface area contributed by atoms with Crippen LogP contribution in [0.15, 0.2) is 60.8 Å². The summed E-state index contributed by atoms with van der Waals surface area (Å²) in [7, 11) is 0. The van der Waals surface area contributed by atoms with E-state index in [0.717, 1.165) is 11.1 Å². The highest BCUT2D eigenvalue weighted by Gasteiger charge is 1.99. The second kappa shape index (κ2) is 7.36. The molecule has 3 nitrogen and oxygen atoms in total. The fourth-order valence-electron chi connectivity index (χ4n) is 1.54. The molecule has 102 valence electrons. The van der Waals surface area contributed by atoms with E-state index in [-0.39, 0.29) is 6.61 Å². The van der Waals surface area contributed by atoms with E-state index in [1.54, 1.807) is 18.2 Å². The zero-order valence-corrected chi connectivity index (χ0v) is 11.5. The van der Waals surface area contributed by atoms with E-state index in [9.17, 15) is 4.79 Å². The minimum absolute atomic E-state index is 0.251. The summed E-state index contributed by atoms with van der Waals surface area (Å²) < 4.78 is 5.06. The molecule has 0 saturated heterocycles. The smallest absolute Gasteiger partial charge is 0.411 e. The molecule has 0 bridgehead atoms. The Morgan fingerprint density at radius 2 is 1.80 bits per heavy atom. The number of hydrogen-bond donors (Lipinski definition) is 1. The maximum absolute atomic E-state index is 11.5. The summed E-state index contributed by atoms with van der Waals surface area (Å²) in [5, 5.41) is 3.22. The molecule has 20 heavy (non-hydrogen) atoms. The fraction of sp³-hybridized carbons (Fsp3) is 0.0625. The van der Waals surface area contributed by atoms with Crippen LogP contribution >= 0.6 is 11.6 Å². The molecule has 0 radical (unpaired) electrons. The molecule has 2 rings (SSSR count). The highest BCUT2D eigenvalue weighted by molar-refractivity contribution is 6.30. The van der Waals surface area contributed by atoms with Gasteiger partial charge in [-0.15, -0.1) is 0 Å². The normalized spacial score (nSPS) is 10.4. The third kappa shape index (κ3) is 4.78. The van der Waals surface area contributed by atoms with Crippen molar-refractivity contribution >= 4 is 23.8 Å². The first-order chi connectivity index (χ1) is 9.74. The van der Waals surface area contributed by atoms with Gasteiger partial charge in [-0.1, -0.05) is 54.1 Å². The van der Waals surface area contributed by atoms with Crippen LogP contribution in [0.25, 0.3) is 6.08 Å². The fourth-order valence-corrected chi connectivity index (χ4v) is 1.67. The van der Waals surface area contributed by atoms with Gasteiger partial charge in [-0.2, -0.15) is 0 Å². The van der Waals surface area contributed by atoms with Crippen LogP contribution in [0.2, 0.25) is 5.02 Å². The number of alkyl carbamates (subject to hydrolysis) is 1. The molecule has 2 aromatic carbocycles. The van der Waals surface area contributed by atoms with Gasteiger partial charge in [-0.25, -0.2) is 4.79 Å². The average Bonchev–Trinajstić information content (AvgIpc) is 2.48. The molecule has 4 heteroatoms. The van der Waals surface area contributed by atoms with Crippen molar-refractivity contribution < 1.29 is 9.53 Å². The van der Waals surface area contributed by atoms with Crippen LogP contribution in [0, 0.1) is 0 Å². The van der Waals surface area contributed by atoms with Crippen LogP contribution in [0.5, 0.6) is 0 Å². The van der Waals surface area contributed by atoms with Crippen molar-refractivity contribution in [2.24, 2.45) is 0 Å². The summed E-state index contributed by atoms with van der Waals surface area (Å²) in [5.74, 6) is 0. The third-order valence-electron chi connectivity index (χ3n) is 2.56. The molecular formula is C16H14ClNO2. The Morgan fingerprint density at radius 3 is 2.50 bits per heavy atom. The Balaban J connectivity index is 1.76. The van der Waals surface area contributed by atoms with Gasteiger partial charge in [0, 0.05) is 11.2 Å². The van der Waals surface area contributed by atoms with Crippen LogP contribution in [0.4, 0.5) is 4.79 Å². The van der Waals surface area contributed by atoms with Crippen LogP contribution in [0.1, 0.15) is 11.1 Å². The number of carbonyl (C=O) groups excluding carboxylic acids is 1. The summed E-state index contributed by atoms with van der Waals surface area (Å²) in [6.07, 6.45) is 2.82. The molecule has 0 fully saturated rings. The molecule has 0 aliphatic rings. The molecule has 0 aliphatic heterocycles. The number of hydrogen-bond acceptors (Lipinski definition) is 2. The van der Waals surface area contributed by atoms with Gasteiger partial charge < -0.3 is 4.74 Å². The number of amides is 1. The summed E-state index contributed by atoms with van der Waals surface area (Å²) >= 11 is 5.78. The van der Waals surface area contributed by atoms with Gasteiger partial charge in [-0.05, 0) is 29.3 Å². The number of nitrogens with one attached hydrogen (secondary N) is 1. The van der Waals surface area contributed by atoms with E-state index < -0.39 is 6.09 Å². The summed E-state index contributed by atoms with van der Waals surface area (Å²) in [5.41, 5.74) is 1.89. The molecule has 1 N–H and O–H groups in total. The highest BCUT2D eigenvalue weighted by Crippen LogP contribution is 2.10. The zero-order valence-electron chi connectivity index (χ0n) is 10.8. The van der Waals surface area contributed by atoms with Crippen molar-refractivity contribution in [1.29, 1.82) is 0 Å². The van der Waals surface area contributed by atoms with E-state index in [1.807, 2.05) is 42.5 Å². The van der Waals surface area contributed by atoms with Crippen LogP contribution in [0.3, 0.4) is 0 Å². The molecule has 0 aliphatic carbocycles. The number of halogens is 1. The van der Waals surface area contributed by atoms with E-state index in [0.29, 0.717) is 5.02 Å². The van der Waals surface area contributed by atoms with Crippen molar-refractivity contribution in [2.45, 2.75) is 6.61 Å². The van der Waals surface area contributed by atoms with Gasteiger partial charge in [0.15, 0.2) is 0 Å². The lowest BCUT2D eigenvalue weighted by atomic mass is 10.2. The molecule has 0 saturated carbocycles. The van der Waals surface area contributed by atoms with E-state index >= 15 is 0 Å². The average molecular weight is 288 g/mol. The molecule has 0 spiro atoms. The van der Waals surface area contributed by atoms with Gasteiger partial charge >= 0.3 is 6.09 Å². The molecular weight excluding hydrogens is 274 g/mol. The van der Waals surface area contributed by atoms with Crippen molar-refractivity contribution in [1.82, 2.24) is 5.32 Å². The highest BCUT2D eigenvalue weighted by atomic mass is 35.5. The van der Waals surface area contributed by atoms with Gasteiger partial charge in [0.25, 0.3) is 0 Å². The third-order valence-corrected chi connectivity index (χ3v) is 2.81. The lowest BCUT2D eigenvalue weighted by Gasteiger charge is -2.03. The summed E-state index contributed by atoms with van der Waals surface area (Å²) in [6, 6.07) is 16.8. The summed E-state index contributed by atoms with van der Waals surface area (Å²) in [4.78, 5) is 11.5. The molecule has 0 heterocycles. The summed E-state index contributed by atoms with van der Waals surface area (Å²) in [6.45, 7) is 0.251. The molecule has 1 amide bonds. The van der Waals surface area contributed by atoms with Gasteiger partial charge in [0.05, 0.1) is 0 Å². The van der Waals surface area contributed by atoms with Gasteiger partial charge in [-0.3, -0.25) is 5.32 Å². The van der Waals surface area contributed by atoms with Gasteiger partial charge in [0.2, 0.25) is 0 Å². The second-order valence-electron chi connectivity index (χ2n) is 4.09. The largest absolute Gasteiger partial charge is 0.444 e. The van der Waals surface area contributed by atoms with Crippen molar-refractivity contribution in [2.75, 3.05) is 0 Å². The number of ether oxygens (including phenoxy) is 1. The Morgan fingerprint density at radius 1 is 1.10 bits per heavy atom. The van der Waals surface area contributed by atoms with Crippen LogP contribution < -0.4 is 5.32 Å². The predicted octanol–water partition coefficient (Wildman–Crippen LogP) is 4.24. The second-order valence-corrected chi connectivity index (χ2v) is 4.53. The molecule has 0 atom stereocenters. The molecule has 2 aromatic rings. The maximum atomic E-state index is 11.5. The molecule has 0 unspecified atom stereocenters. The van der Waals surface area contributed by atoms with Crippen LogP contribution in [-0.2, 0) is 11.3 Å². The first kappa shape index (κ1) is 14.2. The Hall–Kier alpha value is -2.26. The standard InChI is InChI=1S/C16H14ClNO2/c17-15-8-6-13(7-9-15)10-11-18-16(19)20-12-14-4-2-1-3-5-14/h1-11H,12H2,(H,18,19)/b11-10+. The van der Waals surface area contributed by atoms with Crippen molar-refractivity contribution in [3.8, 4) is 0 Å². The first-order valence-electron chi connectivity index (χ1n) is 6.13. The number of rotatable bonds is 4. The number of benzene rings is 2.